The Morgan fingerprint density at radius 3 is 2.43 bits per heavy atom. The van der Waals surface area contributed by atoms with Gasteiger partial charge in [-0.25, -0.2) is 0 Å². The molecule has 0 heterocycles. The standard InChI is InChI=1S/C4H9N2O/c1-3(5)6-4(2)7/h3H,1,5H2,2H3,(H,6,7). The van der Waals surface area contributed by atoms with Crippen molar-refractivity contribution in [2.45, 2.75) is 13.1 Å². The predicted molar refractivity (Wildman–Crippen MR) is 27.1 cm³/mol. The monoisotopic (exact) mass is 101 g/mol. The van der Waals surface area contributed by atoms with Crippen molar-refractivity contribution in [2.24, 2.45) is 5.73 Å². The number of hydrogen-bond donors (Lipinski definition) is 2. The minimum Gasteiger partial charge on any atom is -0.341 e. The Balaban J connectivity index is 3.13. The molecule has 1 atom stereocenters. The number of nitrogens with two attached hydrogens (primary N) is 1. The fourth-order valence-electron chi connectivity index (χ4n) is 0.261. The van der Waals surface area contributed by atoms with E-state index in [0.29, 0.717) is 0 Å². The van der Waals surface area contributed by atoms with Crippen LogP contribution in [0, 0.1) is 6.92 Å². The molecule has 0 spiro atoms. The summed E-state index contributed by atoms with van der Waals surface area (Å²) in [5, 5.41) is 2.33. The van der Waals surface area contributed by atoms with Crippen LogP contribution in [0.5, 0.6) is 0 Å². The SMILES string of the molecule is [CH2]C(N)NC(C)=O. The quantitative estimate of drug-likeness (QED) is 0.427. The van der Waals surface area contributed by atoms with Crippen molar-refractivity contribution in [2.75, 3.05) is 0 Å². The van der Waals surface area contributed by atoms with Gasteiger partial charge in [0.1, 0.15) is 0 Å². The average molecular weight is 101 g/mol. The van der Waals surface area contributed by atoms with E-state index in [1.807, 2.05) is 0 Å². The van der Waals surface area contributed by atoms with Gasteiger partial charge in [-0.2, -0.15) is 0 Å². The molecule has 0 bridgehead atoms. The van der Waals surface area contributed by atoms with Gasteiger partial charge in [0.2, 0.25) is 5.91 Å². The van der Waals surface area contributed by atoms with Crippen LogP contribution in [0.1, 0.15) is 6.92 Å². The van der Waals surface area contributed by atoms with Crippen LogP contribution in [0.4, 0.5) is 0 Å². The van der Waals surface area contributed by atoms with Gasteiger partial charge in [0.05, 0.1) is 6.17 Å². The fraction of sp³-hybridized carbons (Fsp3) is 0.500. The first-order valence-corrected chi connectivity index (χ1v) is 1.98. The third kappa shape index (κ3) is 5.43. The maximum absolute atomic E-state index is 10.0. The molecule has 3 heteroatoms. The Morgan fingerprint density at radius 1 is 2.00 bits per heavy atom. The molecular weight excluding hydrogens is 92.1 g/mol. The van der Waals surface area contributed by atoms with Gasteiger partial charge in [0.25, 0.3) is 0 Å². The lowest BCUT2D eigenvalue weighted by Crippen LogP contribution is -2.37. The van der Waals surface area contributed by atoms with E-state index in [1.54, 1.807) is 0 Å². The molecule has 0 fully saturated rings. The normalized spacial score (nSPS) is 13.0. The van der Waals surface area contributed by atoms with Crippen LogP contribution in [0.3, 0.4) is 0 Å². The molecule has 0 saturated carbocycles. The lowest BCUT2D eigenvalue weighted by molar-refractivity contribution is -0.119. The summed E-state index contributed by atoms with van der Waals surface area (Å²) < 4.78 is 0. The first-order chi connectivity index (χ1) is 3.13. The molecule has 7 heavy (non-hydrogen) atoms. The van der Waals surface area contributed by atoms with Crippen LogP contribution in [-0.2, 0) is 4.79 Å². The van der Waals surface area contributed by atoms with Crippen LogP contribution >= 0.6 is 0 Å². The second kappa shape index (κ2) is 2.58. The van der Waals surface area contributed by atoms with Gasteiger partial charge in [0.15, 0.2) is 0 Å². The average Bonchev–Trinajstić information content (AvgIpc) is 1.27. The summed E-state index contributed by atoms with van der Waals surface area (Å²) in [4.78, 5) is 10.0. The third-order valence-electron chi connectivity index (χ3n) is 0.389. The molecule has 3 nitrogen and oxygen atoms in total. The van der Waals surface area contributed by atoms with Crippen molar-refractivity contribution in [3.8, 4) is 0 Å². The summed E-state index contributed by atoms with van der Waals surface area (Å²) in [6.45, 7) is 4.72. The smallest absolute Gasteiger partial charge is 0.218 e. The highest BCUT2D eigenvalue weighted by Crippen LogP contribution is 1.62. The number of carbonyl (C=O) groups is 1. The van der Waals surface area contributed by atoms with Crippen molar-refractivity contribution in [3.05, 3.63) is 6.92 Å². The first kappa shape index (κ1) is 6.43. The number of rotatable bonds is 1. The topological polar surface area (TPSA) is 55.1 Å². The minimum absolute atomic E-state index is 0.150. The molecule has 0 aliphatic rings. The van der Waals surface area contributed by atoms with E-state index in [1.165, 1.54) is 6.92 Å². The molecule has 0 rings (SSSR count). The van der Waals surface area contributed by atoms with E-state index >= 15 is 0 Å². The van der Waals surface area contributed by atoms with Gasteiger partial charge in [-0.1, -0.05) is 0 Å². The summed E-state index contributed by atoms with van der Waals surface area (Å²) in [7, 11) is 0. The molecule has 41 valence electrons. The molecule has 3 N–H and O–H groups in total. The summed E-state index contributed by atoms with van der Waals surface area (Å²) in [5.74, 6) is -0.150. The predicted octanol–water partition coefficient (Wildman–Crippen LogP) is -0.759. The van der Waals surface area contributed by atoms with Gasteiger partial charge in [-0.15, -0.1) is 0 Å². The van der Waals surface area contributed by atoms with E-state index < -0.39 is 6.17 Å². The van der Waals surface area contributed by atoms with Crippen LogP contribution in [0.2, 0.25) is 0 Å². The molecule has 0 saturated heterocycles. The zero-order valence-electron chi connectivity index (χ0n) is 4.27. The number of amides is 1. The molecule has 0 aromatic rings. The van der Waals surface area contributed by atoms with E-state index in [2.05, 4.69) is 12.2 Å². The molecular formula is C4H9N2O. The van der Waals surface area contributed by atoms with Crippen molar-refractivity contribution in [1.29, 1.82) is 0 Å². The highest BCUT2D eigenvalue weighted by Gasteiger charge is 1.91. The Hall–Kier alpha value is -0.570. The maximum atomic E-state index is 10.0. The molecule has 1 amide bonds. The van der Waals surface area contributed by atoms with Crippen molar-refractivity contribution in [3.63, 3.8) is 0 Å². The summed E-state index contributed by atoms with van der Waals surface area (Å²) in [6.07, 6.45) is -0.475. The molecule has 1 radical (unpaired) electrons. The third-order valence-corrected chi connectivity index (χ3v) is 0.389. The minimum atomic E-state index is -0.475. The molecule has 1 unspecified atom stereocenters. The van der Waals surface area contributed by atoms with Gasteiger partial charge in [-0.3, -0.25) is 4.79 Å². The molecule has 0 aliphatic carbocycles. The van der Waals surface area contributed by atoms with E-state index in [-0.39, 0.29) is 5.91 Å². The molecule has 0 aromatic carbocycles. The van der Waals surface area contributed by atoms with Crippen LogP contribution in [0.15, 0.2) is 0 Å². The zero-order valence-corrected chi connectivity index (χ0v) is 4.27. The molecule has 0 aliphatic heterocycles. The Labute approximate surface area is 42.9 Å². The highest BCUT2D eigenvalue weighted by atomic mass is 16.1. The van der Waals surface area contributed by atoms with Crippen LogP contribution < -0.4 is 11.1 Å². The van der Waals surface area contributed by atoms with Crippen molar-refractivity contribution in [1.82, 2.24) is 5.32 Å². The van der Waals surface area contributed by atoms with Crippen molar-refractivity contribution >= 4 is 5.91 Å². The van der Waals surface area contributed by atoms with E-state index in [0.717, 1.165) is 0 Å². The van der Waals surface area contributed by atoms with Crippen LogP contribution in [-0.4, -0.2) is 12.1 Å². The van der Waals surface area contributed by atoms with Gasteiger partial charge < -0.3 is 11.1 Å². The van der Waals surface area contributed by atoms with E-state index in [4.69, 9.17) is 5.73 Å². The van der Waals surface area contributed by atoms with Crippen molar-refractivity contribution < 1.29 is 4.79 Å². The first-order valence-electron chi connectivity index (χ1n) is 1.98. The maximum Gasteiger partial charge on any atom is 0.218 e. The number of hydrogen-bond acceptors (Lipinski definition) is 2. The lowest BCUT2D eigenvalue weighted by atomic mass is 10.5. The fourth-order valence-corrected chi connectivity index (χ4v) is 0.261. The number of nitrogens with one attached hydrogen (secondary N) is 1. The Bertz CT molecular complexity index is 70.1. The van der Waals surface area contributed by atoms with Gasteiger partial charge >= 0.3 is 0 Å². The lowest BCUT2D eigenvalue weighted by Gasteiger charge is -2.02. The van der Waals surface area contributed by atoms with E-state index in [9.17, 15) is 4.79 Å². The second-order valence-corrected chi connectivity index (χ2v) is 1.31. The summed E-state index contributed by atoms with van der Waals surface area (Å²) >= 11 is 0. The summed E-state index contributed by atoms with van der Waals surface area (Å²) in [6, 6.07) is 0. The largest absolute Gasteiger partial charge is 0.341 e. The highest BCUT2D eigenvalue weighted by molar-refractivity contribution is 5.73. The second-order valence-electron chi connectivity index (χ2n) is 1.31. The summed E-state index contributed by atoms with van der Waals surface area (Å²) in [5.41, 5.74) is 5.05. The zero-order chi connectivity index (χ0) is 5.86. The van der Waals surface area contributed by atoms with Crippen LogP contribution in [0.25, 0.3) is 0 Å². The Morgan fingerprint density at radius 2 is 2.43 bits per heavy atom. The Kier molecular flexibility index (Phi) is 2.37. The molecule has 0 aromatic heterocycles. The van der Waals surface area contributed by atoms with Gasteiger partial charge in [-0.05, 0) is 6.92 Å². The van der Waals surface area contributed by atoms with Gasteiger partial charge in [0, 0.05) is 6.92 Å². The number of carbonyl (C=O) groups excluding carboxylic acids is 1.